The summed E-state index contributed by atoms with van der Waals surface area (Å²) in [5.74, 6) is 0. The van der Waals surface area contributed by atoms with Gasteiger partial charge in [0.05, 0.1) is 11.7 Å². The van der Waals surface area contributed by atoms with Gasteiger partial charge in [0.2, 0.25) is 0 Å². The van der Waals surface area contributed by atoms with Crippen LogP contribution in [0.3, 0.4) is 0 Å². The zero-order valence-electron chi connectivity index (χ0n) is 12.6. The Kier molecular flexibility index (Phi) is 5.90. The second-order valence-electron chi connectivity index (χ2n) is 5.91. The summed E-state index contributed by atoms with van der Waals surface area (Å²) in [5.41, 5.74) is 1.25. The summed E-state index contributed by atoms with van der Waals surface area (Å²) < 4.78 is 2.21. The Morgan fingerprint density at radius 1 is 1.37 bits per heavy atom. The summed E-state index contributed by atoms with van der Waals surface area (Å²) in [7, 11) is 2.07. The minimum atomic E-state index is 0.582. The molecular weight excluding hydrogens is 234 g/mol. The fourth-order valence-corrected chi connectivity index (χ4v) is 3.10. The maximum Gasteiger partial charge on any atom is 0.0640 e. The van der Waals surface area contributed by atoms with Gasteiger partial charge in [0, 0.05) is 18.7 Å². The summed E-state index contributed by atoms with van der Waals surface area (Å²) in [5, 5.41) is 8.22. The Labute approximate surface area is 117 Å². The lowest BCUT2D eigenvalue weighted by molar-refractivity contribution is 0.450. The van der Waals surface area contributed by atoms with Gasteiger partial charge < -0.3 is 5.32 Å². The highest BCUT2D eigenvalue weighted by molar-refractivity contribution is 5.02. The SMILES string of the molecule is CCCCCC(Cc1ccn(C2CCCC2)n1)NC. The monoisotopic (exact) mass is 263 g/mol. The summed E-state index contributed by atoms with van der Waals surface area (Å²) in [4.78, 5) is 0. The topological polar surface area (TPSA) is 29.9 Å². The predicted octanol–water partition coefficient (Wildman–Crippen LogP) is 3.71. The van der Waals surface area contributed by atoms with Gasteiger partial charge in [-0.05, 0) is 32.4 Å². The first-order chi connectivity index (χ1) is 9.33. The van der Waals surface area contributed by atoms with Gasteiger partial charge in [0.15, 0.2) is 0 Å². The molecule has 1 fully saturated rings. The molecule has 19 heavy (non-hydrogen) atoms. The molecule has 1 saturated carbocycles. The molecule has 1 unspecified atom stereocenters. The molecular formula is C16H29N3. The van der Waals surface area contributed by atoms with Gasteiger partial charge in [0.1, 0.15) is 0 Å². The van der Waals surface area contributed by atoms with E-state index in [-0.39, 0.29) is 0 Å². The highest BCUT2D eigenvalue weighted by Gasteiger charge is 2.18. The van der Waals surface area contributed by atoms with E-state index in [4.69, 9.17) is 5.10 Å². The lowest BCUT2D eigenvalue weighted by atomic mass is 10.0. The first-order valence-corrected chi connectivity index (χ1v) is 8.04. The van der Waals surface area contributed by atoms with Crippen molar-refractivity contribution in [1.82, 2.24) is 15.1 Å². The van der Waals surface area contributed by atoms with Gasteiger partial charge in [0.25, 0.3) is 0 Å². The number of hydrogen-bond acceptors (Lipinski definition) is 2. The third-order valence-corrected chi connectivity index (χ3v) is 4.38. The highest BCUT2D eigenvalue weighted by Crippen LogP contribution is 2.28. The van der Waals surface area contributed by atoms with Gasteiger partial charge in [-0.25, -0.2) is 0 Å². The van der Waals surface area contributed by atoms with Crippen molar-refractivity contribution in [1.29, 1.82) is 0 Å². The fraction of sp³-hybridized carbons (Fsp3) is 0.812. The molecule has 2 rings (SSSR count). The minimum absolute atomic E-state index is 0.582. The number of hydrogen-bond donors (Lipinski definition) is 1. The molecule has 3 heteroatoms. The second kappa shape index (κ2) is 7.68. The summed E-state index contributed by atoms with van der Waals surface area (Å²) in [6.07, 6.45) is 13.9. The summed E-state index contributed by atoms with van der Waals surface area (Å²) >= 11 is 0. The zero-order valence-corrected chi connectivity index (χ0v) is 12.6. The number of aromatic nitrogens is 2. The number of unbranched alkanes of at least 4 members (excludes halogenated alkanes) is 2. The molecule has 0 aromatic carbocycles. The van der Waals surface area contributed by atoms with Crippen LogP contribution in [0.1, 0.15) is 70.0 Å². The molecule has 1 N–H and O–H groups in total. The van der Waals surface area contributed by atoms with Gasteiger partial charge in [-0.3, -0.25) is 4.68 Å². The van der Waals surface area contributed by atoms with Crippen LogP contribution in [0.2, 0.25) is 0 Å². The Morgan fingerprint density at radius 3 is 2.84 bits per heavy atom. The Bertz CT molecular complexity index is 353. The van der Waals surface area contributed by atoms with Gasteiger partial charge >= 0.3 is 0 Å². The number of nitrogens with zero attached hydrogens (tertiary/aromatic N) is 2. The molecule has 3 nitrogen and oxygen atoms in total. The van der Waals surface area contributed by atoms with E-state index in [1.807, 2.05) is 0 Å². The normalized spacial score (nSPS) is 18.0. The highest BCUT2D eigenvalue weighted by atomic mass is 15.3. The molecule has 1 heterocycles. The van der Waals surface area contributed by atoms with E-state index in [1.165, 1.54) is 57.1 Å². The maximum atomic E-state index is 4.78. The fourth-order valence-electron chi connectivity index (χ4n) is 3.10. The van der Waals surface area contributed by atoms with Crippen LogP contribution in [0.15, 0.2) is 12.3 Å². The lowest BCUT2D eigenvalue weighted by Gasteiger charge is -2.14. The van der Waals surface area contributed by atoms with Crippen molar-refractivity contribution in [2.45, 2.75) is 76.8 Å². The van der Waals surface area contributed by atoms with Crippen LogP contribution in [0.25, 0.3) is 0 Å². The van der Waals surface area contributed by atoms with E-state index in [1.54, 1.807) is 0 Å². The Morgan fingerprint density at radius 2 is 2.16 bits per heavy atom. The van der Waals surface area contributed by atoms with Gasteiger partial charge in [-0.2, -0.15) is 5.10 Å². The van der Waals surface area contributed by atoms with E-state index in [9.17, 15) is 0 Å². The quantitative estimate of drug-likeness (QED) is 0.725. The van der Waals surface area contributed by atoms with Gasteiger partial charge in [-0.15, -0.1) is 0 Å². The van der Waals surface area contributed by atoms with Crippen molar-refractivity contribution >= 4 is 0 Å². The average Bonchev–Trinajstić information content (AvgIpc) is 3.08. The molecule has 0 radical (unpaired) electrons. The Balaban J connectivity index is 1.83. The molecule has 1 aliphatic rings. The summed E-state index contributed by atoms with van der Waals surface area (Å²) in [6, 6.07) is 3.46. The number of rotatable bonds is 8. The van der Waals surface area contributed by atoms with Crippen molar-refractivity contribution < 1.29 is 0 Å². The molecule has 1 aromatic heterocycles. The number of nitrogens with one attached hydrogen (secondary N) is 1. The molecule has 1 aromatic rings. The largest absolute Gasteiger partial charge is 0.317 e. The maximum absolute atomic E-state index is 4.78. The van der Waals surface area contributed by atoms with E-state index in [0.717, 1.165) is 6.42 Å². The molecule has 0 saturated heterocycles. The first-order valence-electron chi connectivity index (χ1n) is 8.04. The van der Waals surface area contributed by atoms with Crippen LogP contribution in [-0.4, -0.2) is 22.9 Å². The number of likely N-dealkylation sites (N-methyl/N-ethyl adjacent to an activating group) is 1. The molecule has 0 spiro atoms. The first kappa shape index (κ1) is 14.6. The minimum Gasteiger partial charge on any atom is -0.317 e. The van der Waals surface area contributed by atoms with Crippen molar-refractivity contribution in [3.63, 3.8) is 0 Å². The van der Waals surface area contributed by atoms with Crippen LogP contribution >= 0.6 is 0 Å². The van der Waals surface area contributed by atoms with Crippen LogP contribution in [0.5, 0.6) is 0 Å². The molecule has 1 atom stereocenters. The standard InChI is InChI=1S/C16H29N3/c1-3-4-5-8-14(17-2)13-15-11-12-19(18-15)16-9-6-7-10-16/h11-12,14,16-17H,3-10,13H2,1-2H3. The van der Waals surface area contributed by atoms with Crippen LogP contribution in [0.4, 0.5) is 0 Å². The Hall–Kier alpha value is -0.830. The molecule has 0 aliphatic heterocycles. The van der Waals surface area contributed by atoms with Crippen LogP contribution in [-0.2, 0) is 6.42 Å². The van der Waals surface area contributed by atoms with Crippen molar-refractivity contribution in [2.75, 3.05) is 7.05 Å². The van der Waals surface area contributed by atoms with Crippen LogP contribution in [0, 0.1) is 0 Å². The zero-order chi connectivity index (χ0) is 13.5. The molecule has 0 amide bonds. The smallest absolute Gasteiger partial charge is 0.0640 e. The van der Waals surface area contributed by atoms with Crippen molar-refractivity contribution in [3.8, 4) is 0 Å². The van der Waals surface area contributed by atoms with E-state index in [2.05, 4.69) is 36.2 Å². The molecule has 1 aliphatic carbocycles. The van der Waals surface area contributed by atoms with E-state index < -0.39 is 0 Å². The van der Waals surface area contributed by atoms with E-state index >= 15 is 0 Å². The lowest BCUT2D eigenvalue weighted by Crippen LogP contribution is -2.27. The molecule has 0 bridgehead atoms. The second-order valence-corrected chi connectivity index (χ2v) is 5.91. The third kappa shape index (κ3) is 4.34. The average molecular weight is 263 g/mol. The van der Waals surface area contributed by atoms with Gasteiger partial charge in [-0.1, -0.05) is 39.0 Å². The summed E-state index contributed by atoms with van der Waals surface area (Å²) in [6.45, 7) is 2.26. The van der Waals surface area contributed by atoms with Crippen LogP contribution < -0.4 is 5.32 Å². The predicted molar refractivity (Wildman–Crippen MR) is 80.4 cm³/mol. The van der Waals surface area contributed by atoms with E-state index in [0.29, 0.717) is 12.1 Å². The van der Waals surface area contributed by atoms with Crippen molar-refractivity contribution in [3.05, 3.63) is 18.0 Å². The van der Waals surface area contributed by atoms with Crippen molar-refractivity contribution in [2.24, 2.45) is 0 Å². The third-order valence-electron chi connectivity index (χ3n) is 4.38. The molecule has 108 valence electrons.